The lowest BCUT2D eigenvalue weighted by atomic mass is 9.76. The van der Waals surface area contributed by atoms with Crippen molar-refractivity contribution in [3.63, 3.8) is 0 Å². The van der Waals surface area contributed by atoms with E-state index in [-0.39, 0.29) is 0 Å². The van der Waals surface area contributed by atoms with Gasteiger partial charge in [-0.1, -0.05) is 20.8 Å². The zero-order valence-electron chi connectivity index (χ0n) is 14.3. The molecule has 1 saturated carbocycles. The van der Waals surface area contributed by atoms with Gasteiger partial charge in [0, 0.05) is 29.4 Å². The van der Waals surface area contributed by atoms with Crippen LogP contribution < -0.4 is 5.32 Å². The number of hydrogen-bond acceptors (Lipinski definition) is 3. The molecule has 0 bridgehead atoms. The Morgan fingerprint density at radius 1 is 1.19 bits per heavy atom. The van der Waals surface area contributed by atoms with Crippen molar-refractivity contribution in [2.24, 2.45) is 11.8 Å². The highest BCUT2D eigenvalue weighted by Crippen LogP contribution is 2.37. The van der Waals surface area contributed by atoms with Crippen molar-refractivity contribution in [1.82, 2.24) is 15.3 Å². The molecule has 1 fully saturated rings. The molecule has 0 aliphatic heterocycles. The fourth-order valence-electron chi connectivity index (χ4n) is 3.58. The molecule has 1 aliphatic carbocycles. The summed E-state index contributed by atoms with van der Waals surface area (Å²) in [7, 11) is 0. The monoisotopic (exact) mass is 289 g/mol. The Morgan fingerprint density at radius 3 is 2.38 bits per heavy atom. The van der Waals surface area contributed by atoms with E-state index in [9.17, 15) is 0 Å². The summed E-state index contributed by atoms with van der Waals surface area (Å²) in [5, 5.41) is 3.44. The first-order valence-electron chi connectivity index (χ1n) is 8.59. The van der Waals surface area contributed by atoms with E-state index in [1.807, 2.05) is 6.20 Å². The maximum atomic E-state index is 4.82. The number of rotatable bonds is 5. The van der Waals surface area contributed by atoms with Gasteiger partial charge in [-0.05, 0) is 57.9 Å². The fraction of sp³-hybridized carbons (Fsp3) is 0.778. The summed E-state index contributed by atoms with van der Waals surface area (Å²) in [6, 6.07) is 0.334. The Balaban J connectivity index is 2.04. The molecule has 0 radical (unpaired) electrons. The number of hydrogen-bond donors (Lipinski definition) is 1. The first-order chi connectivity index (χ1) is 10.0. The normalized spacial score (nSPS) is 24.3. The average Bonchev–Trinajstić information content (AvgIpc) is 2.47. The highest BCUT2D eigenvalue weighted by Gasteiger charge is 2.26. The van der Waals surface area contributed by atoms with E-state index in [1.54, 1.807) is 0 Å². The van der Waals surface area contributed by atoms with Crippen LogP contribution in [0, 0.1) is 18.8 Å². The second-order valence-electron chi connectivity index (χ2n) is 6.90. The summed E-state index contributed by atoms with van der Waals surface area (Å²) in [4.78, 5) is 9.50. The molecule has 1 N–H and O–H groups in total. The second kappa shape index (κ2) is 7.35. The highest BCUT2D eigenvalue weighted by atomic mass is 14.9. The molecule has 0 aromatic carbocycles. The molecule has 0 amide bonds. The maximum absolute atomic E-state index is 4.82. The van der Waals surface area contributed by atoms with Crippen LogP contribution in [0.15, 0.2) is 6.20 Å². The summed E-state index contributed by atoms with van der Waals surface area (Å²) >= 11 is 0. The van der Waals surface area contributed by atoms with Gasteiger partial charge >= 0.3 is 0 Å². The minimum atomic E-state index is 0.334. The van der Waals surface area contributed by atoms with Crippen molar-refractivity contribution in [2.75, 3.05) is 6.54 Å². The third-order valence-corrected chi connectivity index (χ3v) is 5.09. The van der Waals surface area contributed by atoms with Crippen molar-refractivity contribution in [3.8, 4) is 0 Å². The van der Waals surface area contributed by atoms with Crippen LogP contribution in [0.5, 0.6) is 0 Å². The summed E-state index contributed by atoms with van der Waals surface area (Å²) in [6.45, 7) is 12.1. The number of aryl methyl sites for hydroxylation is 1. The van der Waals surface area contributed by atoms with Crippen LogP contribution >= 0.6 is 0 Å². The van der Waals surface area contributed by atoms with Crippen molar-refractivity contribution in [1.29, 1.82) is 0 Å². The van der Waals surface area contributed by atoms with Gasteiger partial charge in [-0.3, -0.25) is 0 Å². The van der Waals surface area contributed by atoms with Crippen LogP contribution in [-0.2, 0) is 0 Å². The van der Waals surface area contributed by atoms with E-state index in [2.05, 4.69) is 44.9 Å². The van der Waals surface area contributed by atoms with Crippen LogP contribution in [0.4, 0.5) is 0 Å². The summed E-state index contributed by atoms with van der Waals surface area (Å²) in [5.74, 6) is 3.36. The number of nitrogens with zero attached hydrogens (tertiary/aromatic N) is 2. The predicted molar refractivity (Wildman–Crippen MR) is 88.4 cm³/mol. The lowest BCUT2D eigenvalue weighted by molar-refractivity contribution is 0.254. The lowest BCUT2D eigenvalue weighted by Crippen LogP contribution is -2.21. The first-order valence-corrected chi connectivity index (χ1v) is 8.59. The van der Waals surface area contributed by atoms with Gasteiger partial charge in [0.15, 0.2) is 0 Å². The van der Waals surface area contributed by atoms with Crippen LogP contribution in [0.2, 0.25) is 0 Å². The number of nitrogens with one attached hydrogen (secondary N) is 1. The molecule has 118 valence electrons. The molecule has 1 heterocycles. The number of aromatic nitrogens is 2. The Morgan fingerprint density at radius 2 is 1.86 bits per heavy atom. The van der Waals surface area contributed by atoms with Gasteiger partial charge < -0.3 is 5.32 Å². The third kappa shape index (κ3) is 4.03. The molecule has 21 heavy (non-hydrogen) atoms. The van der Waals surface area contributed by atoms with Gasteiger partial charge in [-0.15, -0.1) is 0 Å². The standard InChI is InChI=1S/C18H31N3/c1-6-19-13(4)17-11-20-18(21-14(17)5)16-9-7-15(8-10-16)12(2)3/h11-13,15-16,19H,6-10H2,1-5H3. The van der Waals surface area contributed by atoms with Gasteiger partial charge in [-0.25, -0.2) is 9.97 Å². The first kappa shape index (κ1) is 16.4. The minimum absolute atomic E-state index is 0.334. The molecular weight excluding hydrogens is 258 g/mol. The van der Waals surface area contributed by atoms with Gasteiger partial charge in [0.1, 0.15) is 5.82 Å². The zero-order chi connectivity index (χ0) is 15.4. The molecule has 3 nitrogen and oxygen atoms in total. The van der Waals surface area contributed by atoms with Gasteiger partial charge in [0.2, 0.25) is 0 Å². The molecule has 3 heteroatoms. The Kier molecular flexibility index (Phi) is 5.74. The van der Waals surface area contributed by atoms with E-state index < -0.39 is 0 Å². The molecule has 1 atom stereocenters. The fourth-order valence-corrected chi connectivity index (χ4v) is 3.58. The molecule has 1 aromatic heterocycles. The van der Waals surface area contributed by atoms with Gasteiger partial charge in [0.05, 0.1) is 0 Å². The summed E-state index contributed by atoms with van der Waals surface area (Å²) in [6.07, 6.45) is 7.22. The Hall–Kier alpha value is -0.960. The van der Waals surface area contributed by atoms with E-state index in [1.165, 1.54) is 31.2 Å². The average molecular weight is 289 g/mol. The SMILES string of the molecule is CCNC(C)c1cnc(C2CCC(C(C)C)CC2)nc1C. The van der Waals surface area contributed by atoms with E-state index in [0.29, 0.717) is 12.0 Å². The topological polar surface area (TPSA) is 37.8 Å². The van der Waals surface area contributed by atoms with E-state index in [4.69, 9.17) is 4.98 Å². The van der Waals surface area contributed by atoms with Crippen LogP contribution in [0.25, 0.3) is 0 Å². The molecule has 0 spiro atoms. The molecule has 2 rings (SSSR count). The van der Waals surface area contributed by atoms with Crippen molar-refractivity contribution >= 4 is 0 Å². The minimum Gasteiger partial charge on any atom is -0.310 e. The van der Waals surface area contributed by atoms with E-state index in [0.717, 1.165) is 29.9 Å². The third-order valence-electron chi connectivity index (χ3n) is 5.09. The predicted octanol–water partition coefficient (Wildman–Crippen LogP) is 4.39. The molecule has 1 aromatic rings. The molecule has 0 saturated heterocycles. The van der Waals surface area contributed by atoms with E-state index >= 15 is 0 Å². The Bertz CT molecular complexity index is 448. The quantitative estimate of drug-likeness (QED) is 0.874. The molecular formula is C18H31N3. The van der Waals surface area contributed by atoms with Gasteiger partial charge in [-0.2, -0.15) is 0 Å². The highest BCUT2D eigenvalue weighted by molar-refractivity contribution is 5.21. The lowest BCUT2D eigenvalue weighted by Gasteiger charge is -2.30. The summed E-state index contributed by atoms with van der Waals surface area (Å²) < 4.78 is 0. The molecule has 1 unspecified atom stereocenters. The van der Waals surface area contributed by atoms with Crippen molar-refractivity contribution in [3.05, 3.63) is 23.3 Å². The Labute approximate surface area is 130 Å². The van der Waals surface area contributed by atoms with Crippen molar-refractivity contribution < 1.29 is 0 Å². The van der Waals surface area contributed by atoms with Crippen LogP contribution in [-0.4, -0.2) is 16.5 Å². The molecule has 1 aliphatic rings. The van der Waals surface area contributed by atoms with Crippen LogP contribution in [0.1, 0.15) is 82.4 Å². The largest absolute Gasteiger partial charge is 0.310 e. The smallest absolute Gasteiger partial charge is 0.131 e. The summed E-state index contributed by atoms with van der Waals surface area (Å²) in [5.41, 5.74) is 2.37. The maximum Gasteiger partial charge on any atom is 0.131 e. The van der Waals surface area contributed by atoms with Crippen molar-refractivity contribution in [2.45, 2.75) is 72.3 Å². The van der Waals surface area contributed by atoms with Gasteiger partial charge in [0.25, 0.3) is 0 Å². The van der Waals surface area contributed by atoms with Crippen LogP contribution in [0.3, 0.4) is 0 Å². The zero-order valence-corrected chi connectivity index (χ0v) is 14.3. The second-order valence-corrected chi connectivity index (χ2v) is 6.90.